The Morgan fingerprint density at radius 3 is 2.40 bits per heavy atom. The van der Waals surface area contributed by atoms with Crippen LogP contribution in [0.15, 0.2) is 58.3 Å². The van der Waals surface area contributed by atoms with Crippen LogP contribution in [0.1, 0.15) is 25.0 Å². The van der Waals surface area contributed by atoms with Crippen molar-refractivity contribution in [1.29, 1.82) is 0 Å². The summed E-state index contributed by atoms with van der Waals surface area (Å²) < 4.78 is 0. The van der Waals surface area contributed by atoms with E-state index in [-0.39, 0.29) is 10.6 Å². The van der Waals surface area contributed by atoms with E-state index in [0.717, 1.165) is 10.5 Å². The predicted octanol–water partition coefficient (Wildman–Crippen LogP) is 4.19. The van der Waals surface area contributed by atoms with Crippen molar-refractivity contribution in [1.82, 2.24) is 0 Å². The average molecular weight is 289 g/mol. The van der Waals surface area contributed by atoms with Crippen molar-refractivity contribution in [2.75, 3.05) is 0 Å². The second kappa shape index (κ2) is 6.54. The first-order valence-corrected chi connectivity index (χ1v) is 7.13. The molecule has 0 aliphatic heterocycles. The molecule has 0 bridgehead atoms. The number of benzene rings is 2. The van der Waals surface area contributed by atoms with Gasteiger partial charge in [0.25, 0.3) is 5.69 Å². The minimum atomic E-state index is -0.554. The normalized spacial score (nSPS) is 12.1. The fourth-order valence-electron chi connectivity index (χ4n) is 1.88. The number of para-hydroxylation sites is 1. The van der Waals surface area contributed by atoms with Crippen LogP contribution < -0.4 is 0 Å². The van der Waals surface area contributed by atoms with Gasteiger partial charge in [0.15, 0.2) is 0 Å². The van der Waals surface area contributed by atoms with Crippen LogP contribution in [0.2, 0.25) is 0 Å². The molecule has 0 radical (unpaired) electrons. The van der Waals surface area contributed by atoms with Crippen LogP contribution in [0.4, 0.5) is 5.69 Å². The molecule has 0 fully saturated rings. The zero-order chi connectivity index (χ0) is 14.5. The lowest BCUT2D eigenvalue weighted by Gasteiger charge is -2.13. The second-order valence-corrected chi connectivity index (χ2v) is 5.37. The van der Waals surface area contributed by atoms with Gasteiger partial charge in [0.1, 0.15) is 0 Å². The lowest BCUT2D eigenvalue weighted by Crippen LogP contribution is -1.97. The lowest BCUT2D eigenvalue weighted by molar-refractivity contribution is -0.387. The van der Waals surface area contributed by atoms with E-state index in [0.29, 0.717) is 11.3 Å². The molecule has 1 N–H and O–H groups in total. The molecular weight excluding hydrogens is 274 g/mol. The maximum atomic E-state index is 11.0. The molecule has 104 valence electrons. The first kappa shape index (κ1) is 14.6. The fourth-order valence-corrected chi connectivity index (χ4v) is 2.98. The summed E-state index contributed by atoms with van der Waals surface area (Å²) in [5.41, 5.74) is 0.886. The zero-order valence-corrected chi connectivity index (χ0v) is 11.8. The third-order valence-electron chi connectivity index (χ3n) is 2.95. The Balaban J connectivity index is 2.38. The third kappa shape index (κ3) is 3.18. The van der Waals surface area contributed by atoms with Crippen LogP contribution in [0.5, 0.6) is 0 Å². The molecule has 0 aliphatic rings. The van der Waals surface area contributed by atoms with Crippen LogP contribution in [-0.4, -0.2) is 10.0 Å². The van der Waals surface area contributed by atoms with E-state index in [1.807, 2.05) is 31.2 Å². The molecule has 4 nitrogen and oxygen atoms in total. The van der Waals surface area contributed by atoms with Gasteiger partial charge in [-0.05, 0) is 24.1 Å². The summed E-state index contributed by atoms with van der Waals surface area (Å²) in [7, 11) is 0. The van der Waals surface area contributed by atoms with Crippen molar-refractivity contribution >= 4 is 17.4 Å². The minimum absolute atomic E-state index is 0.0818. The SMILES string of the molecule is CCC(O)c1ccccc1Sc1ccccc1[N+](=O)[O-]. The lowest BCUT2D eigenvalue weighted by atomic mass is 10.1. The average Bonchev–Trinajstić information content (AvgIpc) is 2.47. The van der Waals surface area contributed by atoms with Gasteiger partial charge in [-0.2, -0.15) is 0 Å². The van der Waals surface area contributed by atoms with Crippen molar-refractivity contribution in [2.24, 2.45) is 0 Å². The van der Waals surface area contributed by atoms with Crippen molar-refractivity contribution < 1.29 is 10.0 Å². The molecule has 20 heavy (non-hydrogen) atoms. The fraction of sp³-hybridized carbons (Fsp3) is 0.200. The second-order valence-electron chi connectivity index (χ2n) is 4.29. The molecule has 0 saturated heterocycles. The van der Waals surface area contributed by atoms with E-state index in [2.05, 4.69) is 0 Å². The molecule has 0 aromatic heterocycles. The number of aliphatic hydroxyl groups excluding tert-OH is 1. The van der Waals surface area contributed by atoms with Crippen molar-refractivity contribution in [3.8, 4) is 0 Å². The molecule has 1 unspecified atom stereocenters. The van der Waals surface area contributed by atoms with Gasteiger partial charge in [-0.25, -0.2) is 0 Å². The van der Waals surface area contributed by atoms with Crippen molar-refractivity contribution in [3.63, 3.8) is 0 Å². The molecule has 0 aliphatic carbocycles. The van der Waals surface area contributed by atoms with Gasteiger partial charge in [0, 0.05) is 11.0 Å². The summed E-state index contributed by atoms with van der Waals surface area (Å²) in [6.07, 6.45) is 0.0514. The Bertz CT molecular complexity index is 616. The van der Waals surface area contributed by atoms with Gasteiger partial charge in [0.05, 0.1) is 15.9 Å². The monoisotopic (exact) mass is 289 g/mol. The maximum Gasteiger partial charge on any atom is 0.283 e. The first-order chi connectivity index (χ1) is 9.63. The number of aliphatic hydroxyl groups is 1. The van der Waals surface area contributed by atoms with Crippen LogP contribution in [-0.2, 0) is 0 Å². The topological polar surface area (TPSA) is 63.4 Å². The van der Waals surface area contributed by atoms with Gasteiger partial charge >= 0.3 is 0 Å². The number of nitro benzene ring substituents is 1. The Hall–Kier alpha value is -1.85. The number of rotatable bonds is 5. The van der Waals surface area contributed by atoms with E-state index >= 15 is 0 Å². The van der Waals surface area contributed by atoms with Gasteiger partial charge in [0.2, 0.25) is 0 Å². The molecule has 2 rings (SSSR count). The number of hydrogen-bond acceptors (Lipinski definition) is 4. The Kier molecular flexibility index (Phi) is 4.76. The Morgan fingerprint density at radius 2 is 1.75 bits per heavy atom. The molecule has 0 amide bonds. The van der Waals surface area contributed by atoms with Crippen LogP contribution >= 0.6 is 11.8 Å². The number of nitrogens with zero attached hydrogens (tertiary/aromatic N) is 1. The molecule has 1 atom stereocenters. The van der Waals surface area contributed by atoms with E-state index in [4.69, 9.17) is 0 Å². The van der Waals surface area contributed by atoms with Gasteiger partial charge in [-0.15, -0.1) is 0 Å². The molecular formula is C15H15NO3S. The van der Waals surface area contributed by atoms with Crippen LogP contribution in [0.3, 0.4) is 0 Å². The van der Waals surface area contributed by atoms with Gasteiger partial charge in [-0.1, -0.05) is 49.0 Å². The maximum absolute atomic E-state index is 11.0. The van der Waals surface area contributed by atoms with E-state index in [9.17, 15) is 15.2 Å². The first-order valence-electron chi connectivity index (χ1n) is 6.31. The van der Waals surface area contributed by atoms with Crippen LogP contribution in [0.25, 0.3) is 0 Å². The number of hydrogen-bond donors (Lipinski definition) is 1. The highest BCUT2D eigenvalue weighted by Crippen LogP contribution is 2.38. The molecule has 0 saturated carbocycles. The summed E-state index contributed by atoms with van der Waals surface area (Å²) in [6.45, 7) is 1.90. The summed E-state index contributed by atoms with van der Waals surface area (Å²) in [5, 5.41) is 21.0. The number of nitro groups is 1. The van der Waals surface area contributed by atoms with Gasteiger partial charge < -0.3 is 5.11 Å². The molecule has 0 spiro atoms. The molecule has 2 aromatic carbocycles. The molecule has 5 heteroatoms. The Morgan fingerprint density at radius 1 is 1.15 bits per heavy atom. The third-order valence-corrected chi connectivity index (χ3v) is 4.10. The Labute approximate surface area is 121 Å². The smallest absolute Gasteiger partial charge is 0.283 e. The summed E-state index contributed by atoms with van der Waals surface area (Å²) in [5.74, 6) is 0. The largest absolute Gasteiger partial charge is 0.388 e. The minimum Gasteiger partial charge on any atom is -0.388 e. The van der Waals surface area contributed by atoms with Gasteiger partial charge in [-0.3, -0.25) is 10.1 Å². The zero-order valence-electron chi connectivity index (χ0n) is 11.0. The summed E-state index contributed by atoms with van der Waals surface area (Å²) >= 11 is 1.31. The molecule has 0 heterocycles. The summed E-state index contributed by atoms with van der Waals surface area (Å²) in [6, 6.07) is 14.1. The molecule has 2 aromatic rings. The highest BCUT2D eigenvalue weighted by atomic mass is 32.2. The van der Waals surface area contributed by atoms with E-state index in [1.54, 1.807) is 18.2 Å². The standard InChI is InChI=1S/C15H15NO3S/c1-2-13(17)11-7-3-5-9-14(11)20-15-10-6-4-8-12(15)16(18)19/h3-10,13,17H,2H2,1H3. The van der Waals surface area contributed by atoms with Crippen molar-refractivity contribution in [2.45, 2.75) is 29.2 Å². The van der Waals surface area contributed by atoms with E-state index in [1.165, 1.54) is 17.8 Å². The summed E-state index contributed by atoms with van der Waals surface area (Å²) in [4.78, 5) is 12.1. The van der Waals surface area contributed by atoms with Crippen LogP contribution in [0, 0.1) is 10.1 Å². The van der Waals surface area contributed by atoms with Crippen molar-refractivity contribution in [3.05, 3.63) is 64.2 Å². The van der Waals surface area contributed by atoms with E-state index < -0.39 is 6.10 Å². The predicted molar refractivity (Wildman–Crippen MR) is 78.9 cm³/mol. The highest BCUT2D eigenvalue weighted by molar-refractivity contribution is 7.99. The quantitative estimate of drug-likeness (QED) is 0.662. The highest BCUT2D eigenvalue weighted by Gasteiger charge is 2.16.